The van der Waals surface area contributed by atoms with Gasteiger partial charge in [-0.25, -0.2) is 0 Å². The maximum Gasteiger partial charge on any atom is 0.114 e. The Hall–Kier alpha value is -0.340. The van der Waals surface area contributed by atoms with E-state index in [-0.39, 0.29) is 18.3 Å². The summed E-state index contributed by atoms with van der Waals surface area (Å²) in [6, 6.07) is 0. The molecule has 0 saturated carbocycles. The summed E-state index contributed by atoms with van der Waals surface area (Å²) in [7, 11) is 0. The van der Waals surface area contributed by atoms with Crippen LogP contribution in [0.1, 0.15) is 6.92 Å². The number of aliphatic hydroxyl groups excluding tert-OH is 1. The Bertz CT molecular complexity index is 98.7. The maximum absolute atomic E-state index is 8.82. The van der Waals surface area contributed by atoms with Gasteiger partial charge in [-0.15, -0.1) is 6.58 Å². The second-order valence-electron chi connectivity index (χ2n) is 2.04. The van der Waals surface area contributed by atoms with Crippen molar-refractivity contribution in [1.29, 1.82) is 0 Å². The van der Waals surface area contributed by atoms with E-state index in [4.69, 9.17) is 9.84 Å². The molecule has 0 aromatic carbocycles. The molecule has 1 fully saturated rings. The van der Waals surface area contributed by atoms with E-state index in [1.54, 1.807) is 13.0 Å². The average Bonchev–Trinajstić information content (AvgIpc) is 2.42. The first-order valence-electron chi connectivity index (χ1n) is 2.72. The van der Waals surface area contributed by atoms with Gasteiger partial charge >= 0.3 is 0 Å². The molecule has 1 rings (SSSR count). The Kier molecular flexibility index (Phi) is 1.36. The lowest BCUT2D eigenvalue weighted by Gasteiger charge is -1.92. The predicted molar refractivity (Wildman–Crippen MR) is 30.5 cm³/mol. The van der Waals surface area contributed by atoms with Crippen molar-refractivity contribution < 1.29 is 9.84 Å². The van der Waals surface area contributed by atoms with Crippen molar-refractivity contribution in [2.45, 2.75) is 25.2 Å². The van der Waals surface area contributed by atoms with Crippen LogP contribution in [0.4, 0.5) is 0 Å². The molecule has 0 bridgehead atoms. The summed E-state index contributed by atoms with van der Waals surface area (Å²) < 4.78 is 4.96. The van der Waals surface area contributed by atoms with Crippen molar-refractivity contribution in [3.8, 4) is 0 Å². The molecule has 2 nitrogen and oxygen atoms in total. The van der Waals surface area contributed by atoms with Crippen LogP contribution in [0.2, 0.25) is 0 Å². The van der Waals surface area contributed by atoms with Crippen LogP contribution >= 0.6 is 0 Å². The SMILES string of the molecule is C=CC1OC1C(C)O. The van der Waals surface area contributed by atoms with Crippen LogP contribution in [-0.2, 0) is 4.74 Å². The van der Waals surface area contributed by atoms with E-state index in [1.807, 2.05) is 0 Å². The largest absolute Gasteiger partial charge is 0.391 e. The fourth-order valence-electron chi connectivity index (χ4n) is 0.714. The molecule has 1 aliphatic rings. The zero-order valence-corrected chi connectivity index (χ0v) is 4.87. The van der Waals surface area contributed by atoms with Gasteiger partial charge < -0.3 is 9.84 Å². The van der Waals surface area contributed by atoms with Crippen molar-refractivity contribution >= 4 is 0 Å². The molecule has 0 spiro atoms. The van der Waals surface area contributed by atoms with E-state index >= 15 is 0 Å². The number of epoxide rings is 1. The van der Waals surface area contributed by atoms with Crippen molar-refractivity contribution in [3.63, 3.8) is 0 Å². The Balaban J connectivity index is 2.26. The lowest BCUT2D eigenvalue weighted by atomic mass is 10.2. The summed E-state index contributed by atoms with van der Waals surface area (Å²) in [6.07, 6.45) is 1.48. The highest BCUT2D eigenvalue weighted by Gasteiger charge is 2.39. The molecule has 3 unspecified atom stereocenters. The predicted octanol–water partition coefficient (Wildman–Crippen LogP) is 0.321. The van der Waals surface area contributed by atoms with Crippen LogP contribution in [0.3, 0.4) is 0 Å². The van der Waals surface area contributed by atoms with Gasteiger partial charge in [0.1, 0.15) is 12.2 Å². The van der Waals surface area contributed by atoms with E-state index in [0.717, 1.165) is 0 Å². The van der Waals surface area contributed by atoms with Gasteiger partial charge in [0.25, 0.3) is 0 Å². The Morgan fingerprint density at radius 3 is 2.62 bits per heavy atom. The van der Waals surface area contributed by atoms with Gasteiger partial charge in [-0.05, 0) is 6.92 Å². The van der Waals surface area contributed by atoms with Gasteiger partial charge in [0.2, 0.25) is 0 Å². The highest BCUT2D eigenvalue weighted by molar-refractivity contribution is 5.00. The van der Waals surface area contributed by atoms with E-state index in [1.165, 1.54) is 0 Å². The second-order valence-corrected chi connectivity index (χ2v) is 2.04. The number of ether oxygens (including phenoxy) is 1. The topological polar surface area (TPSA) is 32.8 Å². The summed E-state index contributed by atoms with van der Waals surface area (Å²) in [5.74, 6) is 0. The molecule has 0 aromatic heterocycles. The van der Waals surface area contributed by atoms with Crippen LogP contribution in [0.25, 0.3) is 0 Å². The molecular weight excluding hydrogens is 104 g/mol. The Labute approximate surface area is 48.8 Å². The van der Waals surface area contributed by atoms with Crippen LogP contribution in [0.5, 0.6) is 0 Å². The van der Waals surface area contributed by atoms with Gasteiger partial charge in [0.05, 0.1) is 6.10 Å². The Morgan fingerprint density at radius 2 is 2.50 bits per heavy atom. The van der Waals surface area contributed by atoms with Gasteiger partial charge in [-0.2, -0.15) is 0 Å². The minimum Gasteiger partial charge on any atom is -0.391 e. The summed E-state index contributed by atoms with van der Waals surface area (Å²) in [4.78, 5) is 0. The fraction of sp³-hybridized carbons (Fsp3) is 0.667. The molecule has 2 heteroatoms. The van der Waals surface area contributed by atoms with Crippen LogP contribution in [-0.4, -0.2) is 23.4 Å². The molecular formula is C6H10O2. The third-order valence-corrected chi connectivity index (χ3v) is 1.27. The first-order valence-corrected chi connectivity index (χ1v) is 2.72. The second kappa shape index (κ2) is 1.88. The first kappa shape index (κ1) is 5.79. The van der Waals surface area contributed by atoms with Gasteiger partial charge in [-0.1, -0.05) is 6.08 Å². The van der Waals surface area contributed by atoms with E-state index in [9.17, 15) is 0 Å². The summed E-state index contributed by atoms with van der Waals surface area (Å²) >= 11 is 0. The summed E-state index contributed by atoms with van der Waals surface area (Å²) in [5, 5.41) is 8.82. The highest BCUT2D eigenvalue weighted by Crippen LogP contribution is 2.25. The molecule has 1 saturated heterocycles. The fourth-order valence-corrected chi connectivity index (χ4v) is 0.714. The first-order chi connectivity index (χ1) is 3.75. The molecule has 0 radical (unpaired) electrons. The van der Waals surface area contributed by atoms with Crippen LogP contribution < -0.4 is 0 Å². The molecule has 1 N–H and O–H groups in total. The van der Waals surface area contributed by atoms with Crippen molar-refractivity contribution in [2.75, 3.05) is 0 Å². The van der Waals surface area contributed by atoms with Crippen LogP contribution in [0.15, 0.2) is 12.7 Å². The Morgan fingerprint density at radius 1 is 1.88 bits per heavy atom. The highest BCUT2D eigenvalue weighted by atomic mass is 16.6. The zero-order valence-electron chi connectivity index (χ0n) is 4.87. The lowest BCUT2D eigenvalue weighted by molar-refractivity contribution is 0.152. The molecule has 46 valence electrons. The van der Waals surface area contributed by atoms with Crippen molar-refractivity contribution in [2.24, 2.45) is 0 Å². The van der Waals surface area contributed by atoms with Crippen LogP contribution in [0, 0.1) is 0 Å². The van der Waals surface area contributed by atoms with Gasteiger partial charge in [-0.3, -0.25) is 0 Å². The number of hydrogen-bond acceptors (Lipinski definition) is 2. The van der Waals surface area contributed by atoms with E-state index < -0.39 is 0 Å². The molecule has 0 amide bonds. The molecule has 0 aromatic rings. The normalized spacial score (nSPS) is 38.8. The third kappa shape index (κ3) is 0.904. The van der Waals surface area contributed by atoms with E-state index in [2.05, 4.69) is 6.58 Å². The van der Waals surface area contributed by atoms with Crippen molar-refractivity contribution in [3.05, 3.63) is 12.7 Å². The summed E-state index contributed by atoms with van der Waals surface area (Å²) in [6.45, 7) is 5.24. The van der Waals surface area contributed by atoms with Crippen molar-refractivity contribution in [1.82, 2.24) is 0 Å². The van der Waals surface area contributed by atoms with E-state index in [0.29, 0.717) is 0 Å². The smallest absolute Gasteiger partial charge is 0.114 e. The molecule has 3 atom stereocenters. The molecule has 1 aliphatic heterocycles. The molecule has 0 aliphatic carbocycles. The van der Waals surface area contributed by atoms with Gasteiger partial charge in [0.15, 0.2) is 0 Å². The average molecular weight is 114 g/mol. The maximum atomic E-state index is 8.82. The quantitative estimate of drug-likeness (QED) is 0.414. The zero-order chi connectivity index (χ0) is 6.15. The third-order valence-electron chi connectivity index (χ3n) is 1.27. The number of aliphatic hydroxyl groups is 1. The molecule has 1 heterocycles. The summed E-state index contributed by atoms with van der Waals surface area (Å²) in [5.41, 5.74) is 0. The lowest BCUT2D eigenvalue weighted by Crippen LogP contribution is -2.10. The number of rotatable bonds is 2. The molecule has 8 heavy (non-hydrogen) atoms. The standard InChI is InChI=1S/C6H10O2/c1-3-5-6(8-5)4(2)7/h3-7H,1H2,2H3. The monoisotopic (exact) mass is 114 g/mol. The van der Waals surface area contributed by atoms with Gasteiger partial charge in [0, 0.05) is 0 Å². The minimum absolute atomic E-state index is 0.0208. The number of hydrogen-bond donors (Lipinski definition) is 1. The minimum atomic E-state index is -0.349.